The van der Waals surface area contributed by atoms with E-state index in [1.807, 2.05) is 0 Å². The number of amides is 1. The molecule has 1 amide bonds. The van der Waals surface area contributed by atoms with Gasteiger partial charge >= 0.3 is 0 Å². The number of methoxy groups -OCH3 is 1. The molecule has 2 unspecified atom stereocenters. The lowest BCUT2D eigenvalue weighted by Gasteiger charge is -2.35. The van der Waals surface area contributed by atoms with Gasteiger partial charge in [0.25, 0.3) is 0 Å². The van der Waals surface area contributed by atoms with Crippen molar-refractivity contribution in [3.8, 4) is 0 Å². The van der Waals surface area contributed by atoms with Crippen LogP contribution >= 0.6 is 11.6 Å². The molecule has 1 saturated heterocycles. The van der Waals surface area contributed by atoms with Crippen LogP contribution in [0.25, 0.3) is 0 Å². The van der Waals surface area contributed by atoms with Crippen molar-refractivity contribution in [2.75, 3.05) is 37.8 Å². The summed E-state index contributed by atoms with van der Waals surface area (Å²) in [6.07, 6.45) is 1.22. The second kappa shape index (κ2) is 7.11. The first-order valence-electron chi connectivity index (χ1n) is 7.09. The van der Waals surface area contributed by atoms with Crippen molar-refractivity contribution >= 4 is 28.9 Å². The summed E-state index contributed by atoms with van der Waals surface area (Å²) in [4.78, 5) is 14.2. The van der Waals surface area contributed by atoms with Crippen molar-refractivity contribution < 1.29 is 9.53 Å². The molecule has 0 spiro atoms. The second-order valence-corrected chi connectivity index (χ2v) is 5.97. The maximum absolute atomic E-state index is 12.1. The molecule has 0 saturated carbocycles. The van der Waals surface area contributed by atoms with Gasteiger partial charge in [0, 0.05) is 19.3 Å². The van der Waals surface area contributed by atoms with Crippen LogP contribution in [-0.2, 0) is 9.53 Å². The van der Waals surface area contributed by atoms with E-state index < -0.39 is 0 Å². The lowest BCUT2D eigenvalue weighted by Crippen LogP contribution is -2.46. The summed E-state index contributed by atoms with van der Waals surface area (Å²) < 4.78 is 5.46. The molecule has 21 heavy (non-hydrogen) atoms. The van der Waals surface area contributed by atoms with Crippen LogP contribution in [0.3, 0.4) is 0 Å². The third kappa shape index (κ3) is 4.33. The first-order valence-corrected chi connectivity index (χ1v) is 7.47. The van der Waals surface area contributed by atoms with E-state index in [1.54, 1.807) is 25.3 Å². The van der Waals surface area contributed by atoms with E-state index in [1.165, 1.54) is 0 Å². The normalized spacial score (nSPS) is 23.0. The highest BCUT2D eigenvalue weighted by molar-refractivity contribution is 6.34. The molecule has 3 N–H and O–H groups in total. The molecule has 2 atom stereocenters. The zero-order valence-corrected chi connectivity index (χ0v) is 13.2. The molecule has 1 aromatic carbocycles. The van der Waals surface area contributed by atoms with Crippen molar-refractivity contribution in [3.63, 3.8) is 0 Å². The molecule has 0 radical (unpaired) electrons. The Morgan fingerprint density at radius 1 is 1.57 bits per heavy atom. The van der Waals surface area contributed by atoms with E-state index in [9.17, 15) is 4.79 Å². The molecule has 5 nitrogen and oxygen atoms in total. The van der Waals surface area contributed by atoms with Crippen LogP contribution in [0.15, 0.2) is 18.2 Å². The number of nitrogen functional groups attached to an aromatic ring is 1. The van der Waals surface area contributed by atoms with E-state index in [0.717, 1.165) is 19.5 Å². The van der Waals surface area contributed by atoms with Crippen LogP contribution in [0.5, 0.6) is 0 Å². The van der Waals surface area contributed by atoms with E-state index >= 15 is 0 Å². The number of benzene rings is 1. The average molecular weight is 312 g/mol. The minimum absolute atomic E-state index is 0.0777. The SMILES string of the molecule is COC1CN(CC(=O)Nc2ccc(N)cc2Cl)CCC1C. The number of nitrogens with one attached hydrogen (secondary N) is 1. The molecule has 116 valence electrons. The van der Waals surface area contributed by atoms with E-state index in [0.29, 0.717) is 28.9 Å². The maximum Gasteiger partial charge on any atom is 0.238 e. The van der Waals surface area contributed by atoms with Gasteiger partial charge < -0.3 is 15.8 Å². The van der Waals surface area contributed by atoms with Crippen molar-refractivity contribution in [1.82, 2.24) is 4.90 Å². The number of nitrogens with zero attached hydrogens (tertiary/aromatic N) is 1. The fourth-order valence-corrected chi connectivity index (χ4v) is 2.81. The largest absolute Gasteiger partial charge is 0.399 e. The Hall–Kier alpha value is -1.30. The van der Waals surface area contributed by atoms with Crippen molar-refractivity contribution in [3.05, 3.63) is 23.2 Å². The Bertz CT molecular complexity index is 510. The van der Waals surface area contributed by atoms with Crippen LogP contribution in [0.2, 0.25) is 5.02 Å². The van der Waals surface area contributed by atoms with E-state index in [2.05, 4.69) is 17.1 Å². The van der Waals surface area contributed by atoms with Crippen molar-refractivity contribution in [2.45, 2.75) is 19.4 Å². The van der Waals surface area contributed by atoms with E-state index in [-0.39, 0.29) is 12.0 Å². The fraction of sp³-hybridized carbons (Fsp3) is 0.533. The Morgan fingerprint density at radius 2 is 2.33 bits per heavy atom. The highest BCUT2D eigenvalue weighted by Crippen LogP contribution is 2.24. The van der Waals surface area contributed by atoms with Gasteiger partial charge in [0.2, 0.25) is 5.91 Å². The molecule has 0 aliphatic carbocycles. The van der Waals surface area contributed by atoms with Gasteiger partial charge in [-0.05, 0) is 37.1 Å². The Balaban J connectivity index is 1.90. The highest BCUT2D eigenvalue weighted by Gasteiger charge is 2.27. The van der Waals surface area contributed by atoms with Crippen molar-refractivity contribution in [2.24, 2.45) is 5.92 Å². The molecule has 2 rings (SSSR count). The number of ether oxygens (including phenoxy) is 1. The van der Waals surface area contributed by atoms with Crippen LogP contribution in [0.1, 0.15) is 13.3 Å². The summed E-state index contributed by atoms with van der Waals surface area (Å²) in [6, 6.07) is 5.05. The summed E-state index contributed by atoms with van der Waals surface area (Å²) in [7, 11) is 1.72. The number of hydrogen-bond acceptors (Lipinski definition) is 4. The predicted octanol–water partition coefficient (Wildman–Crippen LogP) is 2.22. The number of nitrogens with two attached hydrogens (primary N) is 1. The number of hydrogen-bond donors (Lipinski definition) is 2. The predicted molar refractivity (Wildman–Crippen MR) is 85.5 cm³/mol. The molecule has 1 aliphatic rings. The summed E-state index contributed by atoms with van der Waals surface area (Å²) in [5.41, 5.74) is 6.79. The van der Waals surface area contributed by atoms with Gasteiger partial charge in [-0.1, -0.05) is 18.5 Å². The molecular weight excluding hydrogens is 290 g/mol. The van der Waals surface area contributed by atoms with Gasteiger partial charge in [-0.25, -0.2) is 0 Å². The smallest absolute Gasteiger partial charge is 0.238 e. The van der Waals surface area contributed by atoms with Crippen LogP contribution in [0, 0.1) is 5.92 Å². The lowest BCUT2D eigenvalue weighted by molar-refractivity contribution is -0.118. The lowest BCUT2D eigenvalue weighted by atomic mass is 9.96. The highest BCUT2D eigenvalue weighted by atomic mass is 35.5. The molecule has 1 fully saturated rings. The molecule has 6 heteroatoms. The number of piperidine rings is 1. The molecular formula is C15H22ClN3O2. The third-order valence-corrected chi connectivity index (χ3v) is 4.22. The summed E-state index contributed by atoms with van der Waals surface area (Å²) in [6.45, 7) is 4.21. The van der Waals surface area contributed by atoms with E-state index in [4.69, 9.17) is 22.1 Å². The summed E-state index contributed by atoms with van der Waals surface area (Å²) >= 11 is 6.05. The number of halogens is 1. The summed E-state index contributed by atoms with van der Waals surface area (Å²) in [5, 5.41) is 3.27. The van der Waals surface area contributed by atoms with Gasteiger partial charge in [0.1, 0.15) is 0 Å². The second-order valence-electron chi connectivity index (χ2n) is 5.56. The van der Waals surface area contributed by atoms with Gasteiger partial charge in [-0.15, -0.1) is 0 Å². The quantitative estimate of drug-likeness (QED) is 0.837. The zero-order valence-electron chi connectivity index (χ0n) is 12.4. The first-order chi connectivity index (χ1) is 9.99. The van der Waals surface area contributed by atoms with Crippen molar-refractivity contribution in [1.29, 1.82) is 0 Å². The average Bonchev–Trinajstić information content (AvgIpc) is 2.44. The number of rotatable bonds is 4. The number of anilines is 2. The zero-order chi connectivity index (χ0) is 15.4. The van der Waals surface area contributed by atoms with Gasteiger partial charge in [-0.3, -0.25) is 9.69 Å². The standard InChI is InChI=1S/C15H22ClN3O2/c1-10-5-6-19(8-14(10)21-2)9-15(20)18-13-4-3-11(17)7-12(13)16/h3-4,7,10,14H,5-6,8-9,17H2,1-2H3,(H,18,20). The number of likely N-dealkylation sites (tertiary alicyclic amines) is 1. The summed E-state index contributed by atoms with van der Waals surface area (Å²) in [5.74, 6) is 0.451. The molecule has 0 bridgehead atoms. The maximum atomic E-state index is 12.1. The number of carbonyl (C=O) groups is 1. The van der Waals surface area contributed by atoms with Gasteiger partial charge in [-0.2, -0.15) is 0 Å². The third-order valence-electron chi connectivity index (χ3n) is 3.91. The Morgan fingerprint density at radius 3 is 3.00 bits per heavy atom. The van der Waals surface area contributed by atoms with Crippen LogP contribution in [0.4, 0.5) is 11.4 Å². The van der Waals surface area contributed by atoms with Gasteiger partial charge in [0.05, 0.1) is 23.4 Å². The monoisotopic (exact) mass is 311 g/mol. The number of carbonyl (C=O) groups excluding carboxylic acids is 1. The topological polar surface area (TPSA) is 67.6 Å². The Labute approximate surface area is 130 Å². The van der Waals surface area contributed by atoms with Crippen LogP contribution < -0.4 is 11.1 Å². The van der Waals surface area contributed by atoms with Gasteiger partial charge in [0.15, 0.2) is 0 Å². The minimum atomic E-state index is -0.0777. The molecule has 1 heterocycles. The minimum Gasteiger partial charge on any atom is -0.399 e. The molecule has 1 aromatic rings. The van der Waals surface area contributed by atoms with Crippen LogP contribution in [-0.4, -0.2) is 43.7 Å². The first kappa shape index (κ1) is 16.1. The fourth-order valence-electron chi connectivity index (χ4n) is 2.57. The Kier molecular flexibility index (Phi) is 5.45. The molecule has 0 aromatic heterocycles. The molecule has 1 aliphatic heterocycles.